The normalized spacial score (nSPS) is 15.6. The van der Waals surface area contributed by atoms with Crippen LogP contribution in [0, 0.1) is 0 Å². The van der Waals surface area contributed by atoms with Gasteiger partial charge in [0.15, 0.2) is 0 Å². The summed E-state index contributed by atoms with van der Waals surface area (Å²) < 4.78 is 0. The summed E-state index contributed by atoms with van der Waals surface area (Å²) in [5.41, 5.74) is 0. The summed E-state index contributed by atoms with van der Waals surface area (Å²) in [5, 5.41) is 3.19. The molecule has 0 spiro atoms. The molecule has 0 saturated heterocycles. The van der Waals surface area contributed by atoms with Crippen molar-refractivity contribution in [2.24, 2.45) is 0 Å². The van der Waals surface area contributed by atoms with Crippen molar-refractivity contribution >= 4 is 5.91 Å². The van der Waals surface area contributed by atoms with Crippen LogP contribution >= 0.6 is 0 Å². The quantitative estimate of drug-likeness (QED) is 0.627. The van der Waals surface area contributed by atoms with E-state index in [2.05, 4.69) is 12.2 Å². The molecule has 0 bridgehead atoms. The van der Waals surface area contributed by atoms with Gasteiger partial charge in [0, 0.05) is 13.1 Å². The summed E-state index contributed by atoms with van der Waals surface area (Å²) in [7, 11) is 1.91. The first-order valence-electron chi connectivity index (χ1n) is 5.72. The van der Waals surface area contributed by atoms with Gasteiger partial charge in [-0.15, -0.1) is 0 Å². The van der Waals surface area contributed by atoms with E-state index in [1.807, 2.05) is 11.9 Å². The monoisotopic (exact) mass is 198 g/mol. The Morgan fingerprint density at radius 3 is 2.71 bits per heavy atom. The number of nitrogens with zero attached hydrogens (tertiary/aromatic N) is 1. The van der Waals surface area contributed by atoms with Crippen molar-refractivity contribution in [3.63, 3.8) is 0 Å². The topological polar surface area (TPSA) is 32.3 Å². The zero-order valence-corrected chi connectivity index (χ0v) is 9.38. The molecule has 0 radical (unpaired) electrons. The average molecular weight is 198 g/mol. The van der Waals surface area contributed by atoms with Gasteiger partial charge in [0.25, 0.3) is 0 Å². The van der Waals surface area contributed by atoms with Crippen LogP contribution in [0.1, 0.15) is 39.0 Å². The van der Waals surface area contributed by atoms with Crippen molar-refractivity contribution < 1.29 is 4.79 Å². The lowest BCUT2D eigenvalue weighted by Gasteiger charge is -2.16. The molecule has 1 fully saturated rings. The number of unbranched alkanes of at least 4 members (excludes halogenated alkanes) is 2. The molecule has 1 rings (SSSR count). The van der Waals surface area contributed by atoms with Crippen LogP contribution in [0.15, 0.2) is 0 Å². The molecule has 1 N–H and O–H groups in total. The van der Waals surface area contributed by atoms with Crippen LogP contribution in [-0.4, -0.2) is 37.0 Å². The molecule has 1 aliphatic rings. The number of likely N-dealkylation sites (N-methyl/N-ethyl adjacent to an activating group) is 1. The lowest BCUT2D eigenvalue weighted by atomic mass is 10.2. The van der Waals surface area contributed by atoms with E-state index in [1.54, 1.807) is 0 Å². The number of rotatable bonds is 7. The summed E-state index contributed by atoms with van der Waals surface area (Å²) in [4.78, 5) is 13.4. The average Bonchev–Trinajstić information content (AvgIpc) is 2.99. The fourth-order valence-electron chi connectivity index (χ4n) is 1.49. The highest BCUT2D eigenvalue weighted by Crippen LogP contribution is 2.24. The predicted octanol–water partition coefficient (Wildman–Crippen LogP) is 1.39. The summed E-state index contributed by atoms with van der Waals surface area (Å²) in [6, 6.07) is 0.542. The van der Waals surface area contributed by atoms with Crippen LogP contribution in [0.4, 0.5) is 0 Å². The summed E-state index contributed by atoms with van der Waals surface area (Å²) in [5.74, 6) is 0.240. The Morgan fingerprint density at radius 2 is 2.14 bits per heavy atom. The van der Waals surface area contributed by atoms with Gasteiger partial charge in [-0.3, -0.25) is 4.79 Å². The molecular weight excluding hydrogens is 176 g/mol. The Labute approximate surface area is 86.9 Å². The number of nitrogens with one attached hydrogen (secondary N) is 1. The van der Waals surface area contributed by atoms with Crippen LogP contribution in [-0.2, 0) is 4.79 Å². The first-order valence-corrected chi connectivity index (χ1v) is 5.72. The Morgan fingerprint density at radius 1 is 1.43 bits per heavy atom. The van der Waals surface area contributed by atoms with Gasteiger partial charge < -0.3 is 10.2 Å². The lowest BCUT2D eigenvalue weighted by Crippen LogP contribution is -2.37. The van der Waals surface area contributed by atoms with E-state index in [0.717, 1.165) is 6.54 Å². The molecule has 0 unspecified atom stereocenters. The van der Waals surface area contributed by atoms with Gasteiger partial charge in [-0.05, 0) is 25.8 Å². The molecule has 0 aromatic heterocycles. The molecule has 0 aromatic rings. The molecule has 1 amide bonds. The maximum atomic E-state index is 11.5. The van der Waals surface area contributed by atoms with E-state index in [-0.39, 0.29) is 5.91 Å². The fourth-order valence-corrected chi connectivity index (χ4v) is 1.49. The highest BCUT2D eigenvalue weighted by Gasteiger charge is 2.28. The smallest absolute Gasteiger partial charge is 0.236 e. The second-order valence-corrected chi connectivity index (χ2v) is 4.12. The Bertz CT molecular complexity index is 178. The number of carbonyl (C=O) groups is 1. The minimum absolute atomic E-state index is 0.240. The zero-order valence-electron chi connectivity index (χ0n) is 9.38. The van der Waals surface area contributed by atoms with Crippen molar-refractivity contribution in [3.05, 3.63) is 0 Å². The molecule has 0 heterocycles. The molecule has 3 heteroatoms. The van der Waals surface area contributed by atoms with E-state index in [4.69, 9.17) is 0 Å². The van der Waals surface area contributed by atoms with Crippen molar-refractivity contribution in [2.45, 2.75) is 45.1 Å². The second-order valence-electron chi connectivity index (χ2n) is 4.12. The van der Waals surface area contributed by atoms with E-state index in [9.17, 15) is 4.79 Å². The fraction of sp³-hybridized carbons (Fsp3) is 0.909. The molecule has 0 aromatic carbocycles. The van der Waals surface area contributed by atoms with Crippen molar-refractivity contribution in [1.82, 2.24) is 10.2 Å². The molecular formula is C11H22N2O. The van der Waals surface area contributed by atoms with Gasteiger partial charge in [0.2, 0.25) is 5.91 Å². The van der Waals surface area contributed by atoms with E-state index >= 15 is 0 Å². The van der Waals surface area contributed by atoms with Gasteiger partial charge in [-0.2, -0.15) is 0 Å². The van der Waals surface area contributed by atoms with E-state index in [1.165, 1.54) is 32.1 Å². The third-order valence-corrected chi connectivity index (χ3v) is 2.72. The molecule has 1 aliphatic carbocycles. The van der Waals surface area contributed by atoms with Crippen LogP contribution in [0.5, 0.6) is 0 Å². The second kappa shape index (κ2) is 6.02. The molecule has 3 nitrogen and oxygen atoms in total. The largest absolute Gasteiger partial charge is 0.342 e. The van der Waals surface area contributed by atoms with Crippen LogP contribution in [0.3, 0.4) is 0 Å². The third kappa shape index (κ3) is 4.09. The number of hydrogen-bond acceptors (Lipinski definition) is 2. The van der Waals surface area contributed by atoms with Crippen molar-refractivity contribution in [1.29, 1.82) is 0 Å². The standard InChI is InChI=1S/C11H22N2O/c1-3-4-5-8-12-9-11(14)13(2)10-6-7-10/h10,12H,3-9H2,1-2H3. The van der Waals surface area contributed by atoms with E-state index < -0.39 is 0 Å². The highest BCUT2D eigenvalue weighted by molar-refractivity contribution is 5.78. The van der Waals surface area contributed by atoms with Crippen LogP contribution in [0.2, 0.25) is 0 Å². The number of amides is 1. The molecule has 82 valence electrons. The van der Waals surface area contributed by atoms with Gasteiger partial charge >= 0.3 is 0 Å². The third-order valence-electron chi connectivity index (χ3n) is 2.72. The van der Waals surface area contributed by atoms with Gasteiger partial charge in [-0.1, -0.05) is 19.8 Å². The van der Waals surface area contributed by atoms with Gasteiger partial charge in [-0.25, -0.2) is 0 Å². The first kappa shape index (κ1) is 11.5. The molecule has 0 atom stereocenters. The lowest BCUT2D eigenvalue weighted by molar-refractivity contribution is -0.129. The minimum atomic E-state index is 0.240. The Kier molecular flexibility index (Phi) is 4.94. The first-order chi connectivity index (χ1) is 6.75. The molecule has 14 heavy (non-hydrogen) atoms. The summed E-state index contributed by atoms with van der Waals surface area (Å²) >= 11 is 0. The number of hydrogen-bond donors (Lipinski definition) is 1. The maximum Gasteiger partial charge on any atom is 0.236 e. The molecule has 0 aliphatic heterocycles. The van der Waals surface area contributed by atoms with Gasteiger partial charge in [0.1, 0.15) is 0 Å². The minimum Gasteiger partial charge on any atom is -0.342 e. The summed E-state index contributed by atoms with van der Waals surface area (Å²) in [6.07, 6.45) is 6.05. The van der Waals surface area contributed by atoms with Gasteiger partial charge in [0.05, 0.1) is 6.54 Å². The van der Waals surface area contributed by atoms with Crippen molar-refractivity contribution in [3.8, 4) is 0 Å². The predicted molar refractivity (Wildman–Crippen MR) is 58.2 cm³/mol. The Hall–Kier alpha value is -0.570. The summed E-state index contributed by atoms with van der Waals surface area (Å²) in [6.45, 7) is 3.67. The van der Waals surface area contributed by atoms with Crippen molar-refractivity contribution in [2.75, 3.05) is 20.1 Å². The maximum absolute atomic E-state index is 11.5. The molecule has 1 saturated carbocycles. The SMILES string of the molecule is CCCCCNCC(=O)N(C)C1CC1. The number of carbonyl (C=O) groups excluding carboxylic acids is 1. The van der Waals surface area contributed by atoms with E-state index in [0.29, 0.717) is 12.6 Å². The Balaban J connectivity index is 1.97. The van der Waals surface area contributed by atoms with Crippen LogP contribution in [0.25, 0.3) is 0 Å². The highest BCUT2D eigenvalue weighted by atomic mass is 16.2. The van der Waals surface area contributed by atoms with Crippen LogP contribution < -0.4 is 5.32 Å². The zero-order chi connectivity index (χ0) is 10.4.